The number of amides is 3. The molecule has 7 nitrogen and oxygen atoms in total. The van der Waals surface area contributed by atoms with Gasteiger partial charge >= 0.3 is 6.03 Å². The highest BCUT2D eigenvalue weighted by Gasteiger charge is 2.48. The third-order valence-electron chi connectivity index (χ3n) is 8.56. The van der Waals surface area contributed by atoms with Crippen LogP contribution in [-0.4, -0.2) is 29.4 Å². The molecule has 2 aliphatic heterocycles. The number of nitrogens with one attached hydrogen (secondary N) is 3. The highest BCUT2D eigenvalue weighted by molar-refractivity contribution is 5.90. The summed E-state index contributed by atoms with van der Waals surface area (Å²) in [7, 11) is 0. The molecule has 2 fully saturated rings. The Morgan fingerprint density at radius 2 is 1.64 bits per heavy atom. The van der Waals surface area contributed by atoms with Gasteiger partial charge in [-0.05, 0) is 48.6 Å². The standard InChI is InChI=1S/C32H33N5O2/c1-33-22-15-17-23(18-16-22)34-32(39)36-28-14-8-6-12-25(28)31(38)37-20-19-26-29(21-9-3-2-4-10-21)35-27-13-7-5-11-24(27)30(26)37/h2-5,7,9-11,13,15-18,25-26,28-30,35H,6,8,12,14,19-20H2,(H2,34,36,39)/t25-,26+,28+,29-,30-/m0/s1. The van der Waals surface area contributed by atoms with E-state index in [1.165, 1.54) is 11.1 Å². The molecule has 0 radical (unpaired) electrons. The van der Waals surface area contributed by atoms with Crippen molar-refractivity contribution >= 4 is 29.0 Å². The Bertz CT molecular complexity index is 1380. The van der Waals surface area contributed by atoms with E-state index >= 15 is 0 Å². The van der Waals surface area contributed by atoms with Crippen LogP contribution in [0.3, 0.4) is 0 Å². The number of hydrogen-bond donors (Lipinski definition) is 3. The third-order valence-corrected chi connectivity index (χ3v) is 8.56. The van der Waals surface area contributed by atoms with Crippen molar-refractivity contribution in [3.8, 4) is 0 Å². The first kappa shape index (κ1) is 25.0. The van der Waals surface area contributed by atoms with Gasteiger partial charge in [0.15, 0.2) is 5.69 Å². The van der Waals surface area contributed by atoms with Crippen LogP contribution in [-0.2, 0) is 4.79 Å². The van der Waals surface area contributed by atoms with Crippen molar-refractivity contribution in [1.82, 2.24) is 10.2 Å². The Morgan fingerprint density at radius 3 is 2.44 bits per heavy atom. The average Bonchev–Trinajstić information content (AvgIpc) is 3.43. The summed E-state index contributed by atoms with van der Waals surface area (Å²) in [6, 6.07) is 25.3. The molecule has 0 unspecified atom stereocenters. The minimum absolute atomic E-state index is 0.0116. The molecule has 3 N–H and O–H groups in total. The Morgan fingerprint density at radius 1 is 0.897 bits per heavy atom. The summed E-state index contributed by atoms with van der Waals surface area (Å²) in [6.07, 6.45) is 4.47. The first-order chi connectivity index (χ1) is 19.1. The number of carbonyl (C=O) groups excluding carboxylic acids is 2. The van der Waals surface area contributed by atoms with Gasteiger partial charge in [0, 0.05) is 29.9 Å². The highest BCUT2D eigenvalue weighted by Crippen LogP contribution is 2.51. The lowest BCUT2D eigenvalue weighted by molar-refractivity contribution is -0.138. The Kier molecular flexibility index (Phi) is 6.93. The minimum Gasteiger partial charge on any atom is -0.378 e. The van der Waals surface area contributed by atoms with Crippen LogP contribution in [0.1, 0.15) is 55.3 Å². The number of urea groups is 1. The molecule has 3 amide bonds. The van der Waals surface area contributed by atoms with Crippen LogP contribution >= 0.6 is 0 Å². The zero-order valence-electron chi connectivity index (χ0n) is 21.8. The molecular weight excluding hydrogens is 486 g/mol. The third kappa shape index (κ3) is 4.95. The Hall–Kier alpha value is -4.31. The predicted octanol–water partition coefficient (Wildman–Crippen LogP) is 6.67. The van der Waals surface area contributed by atoms with Gasteiger partial charge in [0.25, 0.3) is 0 Å². The lowest BCUT2D eigenvalue weighted by atomic mass is 9.79. The van der Waals surface area contributed by atoms with Crippen LogP contribution in [0.25, 0.3) is 4.85 Å². The van der Waals surface area contributed by atoms with E-state index < -0.39 is 0 Å². The van der Waals surface area contributed by atoms with Gasteiger partial charge in [0.1, 0.15) is 0 Å². The fraction of sp³-hybridized carbons (Fsp3) is 0.344. The number of fused-ring (bicyclic) bond motifs is 3. The number of benzene rings is 3. The van der Waals surface area contributed by atoms with Gasteiger partial charge in [-0.25, -0.2) is 9.64 Å². The van der Waals surface area contributed by atoms with Crippen LogP contribution in [0, 0.1) is 18.4 Å². The molecule has 39 heavy (non-hydrogen) atoms. The molecule has 0 spiro atoms. The van der Waals surface area contributed by atoms with E-state index in [1.54, 1.807) is 24.3 Å². The van der Waals surface area contributed by atoms with E-state index in [9.17, 15) is 9.59 Å². The average molecular weight is 520 g/mol. The lowest BCUT2D eigenvalue weighted by Gasteiger charge is -2.42. The Labute approximate surface area is 229 Å². The van der Waals surface area contributed by atoms with Crippen molar-refractivity contribution in [2.45, 2.75) is 50.2 Å². The van der Waals surface area contributed by atoms with Crippen LogP contribution in [0.15, 0.2) is 78.9 Å². The summed E-state index contributed by atoms with van der Waals surface area (Å²) in [5.41, 5.74) is 4.67. The lowest BCUT2D eigenvalue weighted by Crippen LogP contribution is -2.51. The van der Waals surface area contributed by atoms with Crippen molar-refractivity contribution in [2.24, 2.45) is 11.8 Å². The summed E-state index contributed by atoms with van der Waals surface area (Å²) in [4.78, 5) is 32.6. The van der Waals surface area contributed by atoms with Gasteiger partial charge in [-0.3, -0.25) is 4.79 Å². The first-order valence-electron chi connectivity index (χ1n) is 13.9. The molecule has 5 atom stereocenters. The van der Waals surface area contributed by atoms with Crippen LogP contribution < -0.4 is 16.0 Å². The van der Waals surface area contributed by atoms with E-state index in [4.69, 9.17) is 6.57 Å². The number of hydrogen-bond acceptors (Lipinski definition) is 3. The summed E-state index contributed by atoms with van der Waals surface area (Å²) >= 11 is 0. The fourth-order valence-corrected chi connectivity index (χ4v) is 6.73. The molecule has 7 heteroatoms. The molecule has 6 rings (SSSR count). The summed E-state index contributed by atoms with van der Waals surface area (Å²) in [5, 5.41) is 9.74. The van der Waals surface area contributed by atoms with Gasteiger partial charge in [0.05, 0.1) is 24.6 Å². The molecular formula is C32H33N5O2. The van der Waals surface area contributed by atoms with Crippen molar-refractivity contribution in [2.75, 3.05) is 17.2 Å². The van der Waals surface area contributed by atoms with Crippen molar-refractivity contribution in [1.29, 1.82) is 0 Å². The van der Waals surface area contributed by atoms with Crippen LogP contribution in [0.5, 0.6) is 0 Å². The first-order valence-corrected chi connectivity index (χ1v) is 13.9. The molecule has 1 aliphatic carbocycles. The van der Waals surface area contributed by atoms with Crippen molar-refractivity contribution < 1.29 is 9.59 Å². The molecule has 3 aromatic carbocycles. The second-order valence-electron chi connectivity index (χ2n) is 10.8. The Balaban J connectivity index is 1.21. The van der Waals surface area contributed by atoms with E-state index in [0.717, 1.165) is 44.3 Å². The molecule has 0 bridgehead atoms. The molecule has 198 valence electrons. The monoisotopic (exact) mass is 519 g/mol. The normalized spacial score (nSPS) is 25.4. The van der Waals surface area contributed by atoms with Crippen LogP contribution in [0.2, 0.25) is 0 Å². The molecule has 1 saturated carbocycles. The zero-order chi connectivity index (χ0) is 26.8. The maximum Gasteiger partial charge on any atom is 0.319 e. The second kappa shape index (κ2) is 10.8. The van der Waals surface area contributed by atoms with Crippen molar-refractivity contribution in [3.63, 3.8) is 0 Å². The van der Waals surface area contributed by atoms with Crippen molar-refractivity contribution in [3.05, 3.63) is 101 Å². The maximum absolute atomic E-state index is 14.2. The number of carbonyl (C=O) groups is 2. The largest absolute Gasteiger partial charge is 0.378 e. The minimum atomic E-state index is -0.314. The van der Waals surface area contributed by atoms with Gasteiger partial charge in [-0.15, -0.1) is 0 Å². The zero-order valence-corrected chi connectivity index (χ0v) is 21.8. The van der Waals surface area contributed by atoms with Gasteiger partial charge < -0.3 is 20.9 Å². The maximum atomic E-state index is 14.2. The number of rotatable bonds is 4. The number of nitrogens with zero attached hydrogens (tertiary/aromatic N) is 2. The van der Waals surface area contributed by atoms with E-state index in [2.05, 4.69) is 68.2 Å². The smallest absolute Gasteiger partial charge is 0.319 e. The molecule has 2 heterocycles. The van der Waals surface area contributed by atoms with Gasteiger partial charge in [0.2, 0.25) is 5.91 Å². The predicted molar refractivity (Wildman–Crippen MR) is 152 cm³/mol. The van der Waals surface area contributed by atoms with E-state index in [1.807, 2.05) is 12.1 Å². The number of anilines is 2. The van der Waals surface area contributed by atoms with Gasteiger partial charge in [-0.2, -0.15) is 0 Å². The summed E-state index contributed by atoms with van der Waals surface area (Å²) < 4.78 is 0. The SMILES string of the molecule is [C-]#[N+]c1ccc(NC(=O)N[C@@H]2CCCC[C@@H]2C(=O)N2CC[C@@H]3[C@H](c4ccccc4)Nc4ccccc4[C@@H]32)cc1. The van der Waals surface area contributed by atoms with E-state index in [-0.39, 0.29) is 41.9 Å². The molecule has 0 aromatic heterocycles. The highest BCUT2D eigenvalue weighted by atomic mass is 16.2. The second-order valence-corrected chi connectivity index (χ2v) is 10.8. The van der Waals surface area contributed by atoms with E-state index in [0.29, 0.717) is 11.4 Å². The number of para-hydroxylation sites is 1. The topological polar surface area (TPSA) is 77.8 Å². The molecule has 1 saturated heterocycles. The quantitative estimate of drug-likeness (QED) is 0.337. The molecule has 3 aliphatic rings. The van der Waals surface area contributed by atoms with Crippen LogP contribution in [0.4, 0.5) is 21.9 Å². The fourth-order valence-electron chi connectivity index (χ4n) is 6.73. The summed E-state index contributed by atoms with van der Waals surface area (Å²) in [5.74, 6) is 0.186. The summed E-state index contributed by atoms with van der Waals surface area (Å²) in [6.45, 7) is 7.82. The molecule has 3 aromatic rings. The van der Waals surface area contributed by atoms with Gasteiger partial charge in [-0.1, -0.05) is 73.5 Å². The number of likely N-dealkylation sites (tertiary alicyclic amines) is 1.